The minimum absolute atomic E-state index is 0.0128. The first-order valence-electron chi connectivity index (χ1n) is 10.0. The predicted molar refractivity (Wildman–Crippen MR) is 105 cm³/mol. The van der Waals surface area contributed by atoms with Crippen molar-refractivity contribution < 1.29 is 19.1 Å². The summed E-state index contributed by atoms with van der Waals surface area (Å²) in [5.74, 6) is -0.151. The van der Waals surface area contributed by atoms with Crippen molar-refractivity contribution in [1.82, 2.24) is 9.80 Å². The van der Waals surface area contributed by atoms with Crippen LogP contribution in [0.15, 0.2) is 24.3 Å². The number of benzene rings is 1. The van der Waals surface area contributed by atoms with Crippen molar-refractivity contribution in [3.05, 3.63) is 29.8 Å². The van der Waals surface area contributed by atoms with Crippen molar-refractivity contribution in [2.45, 2.75) is 64.1 Å². The first kappa shape index (κ1) is 20.2. The molecule has 7 heteroatoms. The topological polar surface area (TPSA) is 92.9 Å². The molecule has 2 saturated heterocycles. The quantitative estimate of drug-likeness (QED) is 0.836. The van der Waals surface area contributed by atoms with Gasteiger partial charge in [-0.2, -0.15) is 0 Å². The van der Waals surface area contributed by atoms with Gasteiger partial charge in [0, 0.05) is 24.2 Å². The molecule has 7 nitrogen and oxygen atoms in total. The molecule has 3 amide bonds. The van der Waals surface area contributed by atoms with E-state index in [4.69, 9.17) is 10.5 Å². The van der Waals surface area contributed by atoms with E-state index >= 15 is 0 Å². The highest BCUT2D eigenvalue weighted by Crippen LogP contribution is 2.24. The molecule has 152 valence electrons. The van der Waals surface area contributed by atoms with E-state index in [2.05, 4.69) is 13.8 Å². The van der Waals surface area contributed by atoms with E-state index in [0.29, 0.717) is 24.3 Å². The van der Waals surface area contributed by atoms with Gasteiger partial charge in [-0.15, -0.1) is 0 Å². The van der Waals surface area contributed by atoms with Gasteiger partial charge in [0.15, 0.2) is 6.61 Å². The molecule has 28 heavy (non-hydrogen) atoms. The van der Waals surface area contributed by atoms with E-state index in [1.165, 1.54) is 4.90 Å². The molecule has 0 aromatic heterocycles. The van der Waals surface area contributed by atoms with Crippen molar-refractivity contribution in [2.75, 3.05) is 13.2 Å². The Morgan fingerprint density at radius 2 is 1.68 bits per heavy atom. The van der Waals surface area contributed by atoms with Gasteiger partial charge in [-0.3, -0.25) is 14.4 Å². The van der Waals surface area contributed by atoms with Crippen molar-refractivity contribution in [2.24, 2.45) is 5.73 Å². The average molecular weight is 387 g/mol. The average Bonchev–Trinajstić information content (AvgIpc) is 3.16. The second-order valence-corrected chi connectivity index (χ2v) is 7.80. The Labute approximate surface area is 165 Å². The Morgan fingerprint density at radius 3 is 2.29 bits per heavy atom. The van der Waals surface area contributed by atoms with Crippen LogP contribution in [0.4, 0.5) is 0 Å². The van der Waals surface area contributed by atoms with Gasteiger partial charge in [-0.05, 0) is 70.2 Å². The summed E-state index contributed by atoms with van der Waals surface area (Å²) in [6.45, 7) is 4.67. The molecule has 0 spiro atoms. The van der Waals surface area contributed by atoms with Gasteiger partial charge >= 0.3 is 0 Å². The van der Waals surface area contributed by atoms with E-state index in [1.807, 2.05) is 4.90 Å². The molecule has 2 aliphatic rings. The molecule has 2 heterocycles. The molecule has 1 aromatic carbocycles. The van der Waals surface area contributed by atoms with Crippen LogP contribution in [-0.4, -0.2) is 58.8 Å². The number of primary amides is 1. The fourth-order valence-electron chi connectivity index (χ4n) is 4.30. The number of ether oxygens (including phenoxy) is 1. The molecule has 1 aromatic rings. The maximum Gasteiger partial charge on any atom is 0.260 e. The summed E-state index contributed by atoms with van der Waals surface area (Å²) >= 11 is 0. The van der Waals surface area contributed by atoms with Gasteiger partial charge in [0.1, 0.15) is 11.8 Å². The van der Waals surface area contributed by atoms with Gasteiger partial charge in [0.05, 0.1) is 0 Å². The summed E-state index contributed by atoms with van der Waals surface area (Å²) in [7, 11) is 0. The Balaban J connectivity index is 1.58. The molecule has 2 aliphatic heterocycles. The van der Waals surface area contributed by atoms with Crippen LogP contribution < -0.4 is 10.5 Å². The standard InChI is InChI=1S/C21H29N3O4/c1-14-5-3-6-15(2)24(14)19(25)13-28-17-10-8-16(9-11-17)21(27)23-12-4-7-18(23)20(22)26/h8-11,14-15,18H,3-7,12-13H2,1-2H3,(H2,22,26)/t14-,15-,18+/m1/s1. The Morgan fingerprint density at radius 1 is 1.04 bits per heavy atom. The third-order valence-electron chi connectivity index (χ3n) is 5.79. The number of hydrogen-bond acceptors (Lipinski definition) is 4. The number of piperidine rings is 1. The second kappa shape index (κ2) is 8.63. The van der Waals surface area contributed by atoms with E-state index in [9.17, 15) is 14.4 Å². The maximum atomic E-state index is 12.6. The van der Waals surface area contributed by atoms with Crippen LogP contribution in [0.3, 0.4) is 0 Å². The van der Waals surface area contributed by atoms with Crippen LogP contribution in [0.2, 0.25) is 0 Å². The van der Waals surface area contributed by atoms with Gasteiger partial charge in [0.2, 0.25) is 5.91 Å². The molecule has 2 fully saturated rings. The fraction of sp³-hybridized carbons (Fsp3) is 0.571. The lowest BCUT2D eigenvalue weighted by Crippen LogP contribution is -2.49. The summed E-state index contributed by atoms with van der Waals surface area (Å²) in [4.78, 5) is 40.1. The summed E-state index contributed by atoms with van der Waals surface area (Å²) in [6, 6.07) is 6.61. The SMILES string of the molecule is C[C@@H]1CCC[C@@H](C)N1C(=O)COc1ccc(C(=O)N2CCC[C@H]2C(N)=O)cc1. The number of amides is 3. The van der Waals surface area contributed by atoms with Crippen LogP contribution in [0.1, 0.15) is 56.3 Å². The van der Waals surface area contributed by atoms with E-state index < -0.39 is 11.9 Å². The summed E-state index contributed by atoms with van der Waals surface area (Å²) in [6.07, 6.45) is 4.58. The van der Waals surface area contributed by atoms with E-state index in [0.717, 1.165) is 25.7 Å². The summed E-state index contributed by atoms with van der Waals surface area (Å²) in [5, 5.41) is 0. The number of nitrogens with zero attached hydrogens (tertiary/aromatic N) is 2. The van der Waals surface area contributed by atoms with Gasteiger partial charge < -0.3 is 20.3 Å². The maximum absolute atomic E-state index is 12.6. The van der Waals surface area contributed by atoms with E-state index in [-0.39, 0.29) is 30.5 Å². The molecule has 0 saturated carbocycles. The van der Waals surface area contributed by atoms with Gasteiger partial charge in [0.25, 0.3) is 11.8 Å². The fourth-order valence-corrected chi connectivity index (χ4v) is 4.30. The number of carbonyl (C=O) groups is 3. The molecule has 3 rings (SSSR count). The molecule has 0 unspecified atom stereocenters. The Kier molecular flexibility index (Phi) is 6.21. The zero-order chi connectivity index (χ0) is 20.3. The normalized spacial score (nSPS) is 24.9. The minimum atomic E-state index is -0.533. The van der Waals surface area contributed by atoms with Crippen LogP contribution in [0, 0.1) is 0 Å². The largest absolute Gasteiger partial charge is 0.484 e. The van der Waals surface area contributed by atoms with E-state index in [1.54, 1.807) is 24.3 Å². The van der Waals surface area contributed by atoms with Gasteiger partial charge in [-0.25, -0.2) is 0 Å². The summed E-state index contributed by atoms with van der Waals surface area (Å²) < 4.78 is 5.65. The molecular weight excluding hydrogens is 358 g/mol. The number of likely N-dealkylation sites (tertiary alicyclic amines) is 2. The van der Waals surface area contributed by atoms with Crippen molar-refractivity contribution in [3.8, 4) is 5.75 Å². The second-order valence-electron chi connectivity index (χ2n) is 7.80. The zero-order valence-corrected chi connectivity index (χ0v) is 16.6. The molecular formula is C21H29N3O4. The third kappa shape index (κ3) is 4.29. The smallest absolute Gasteiger partial charge is 0.260 e. The molecule has 0 radical (unpaired) electrons. The van der Waals surface area contributed by atoms with Crippen LogP contribution >= 0.6 is 0 Å². The zero-order valence-electron chi connectivity index (χ0n) is 16.6. The highest BCUT2D eigenvalue weighted by atomic mass is 16.5. The highest BCUT2D eigenvalue weighted by molar-refractivity contribution is 5.97. The Hall–Kier alpha value is -2.57. The predicted octanol–water partition coefficient (Wildman–Crippen LogP) is 1.94. The Bertz CT molecular complexity index is 724. The molecule has 0 aliphatic carbocycles. The minimum Gasteiger partial charge on any atom is -0.484 e. The first-order valence-corrected chi connectivity index (χ1v) is 10.0. The lowest BCUT2D eigenvalue weighted by Gasteiger charge is -2.38. The van der Waals surface area contributed by atoms with Crippen LogP contribution in [0.25, 0.3) is 0 Å². The monoisotopic (exact) mass is 387 g/mol. The molecule has 3 atom stereocenters. The molecule has 0 bridgehead atoms. The van der Waals surface area contributed by atoms with Crippen molar-refractivity contribution in [1.29, 1.82) is 0 Å². The number of hydrogen-bond donors (Lipinski definition) is 1. The van der Waals surface area contributed by atoms with Crippen LogP contribution in [0.5, 0.6) is 5.75 Å². The van der Waals surface area contributed by atoms with Crippen LogP contribution in [-0.2, 0) is 9.59 Å². The number of carbonyl (C=O) groups excluding carboxylic acids is 3. The molecule has 2 N–H and O–H groups in total. The lowest BCUT2D eigenvalue weighted by molar-refractivity contribution is -0.139. The number of rotatable bonds is 5. The highest BCUT2D eigenvalue weighted by Gasteiger charge is 2.33. The lowest BCUT2D eigenvalue weighted by atomic mass is 9.97. The van der Waals surface area contributed by atoms with Crippen molar-refractivity contribution in [3.63, 3.8) is 0 Å². The first-order chi connectivity index (χ1) is 13.4. The third-order valence-corrected chi connectivity index (χ3v) is 5.79. The van der Waals surface area contributed by atoms with Crippen molar-refractivity contribution >= 4 is 17.7 Å². The number of nitrogens with two attached hydrogens (primary N) is 1. The summed E-state index contributed by atoms with van der Waals surface area (Å²) in [5.41, 5.74) is 5.87. The van der Waals surface area contributed by atoms with Gasteiger partial charge in [-0.1, -0.05) is 0 Å².